The molecular formula is C21H24N2O4. The summed E-state index contributed by atoms with van der Waals surface area (Å²) in [6.07, 6.45) is 2.36. The summed E-state index contributed by atoms with van der Waals surface area (Å²) in [6, 6.07) is 14.3. The zero-order chi connectivity index (χ0) is 19.1. The van der Waals surface area contributed by atoms with Gasteiger partial charge in [0.15, 0.2) is 0 Å². The van der Waals surface area contributed by atoms with Gasteiger partial charge in [-0.15, -0.1) is 0 Å². The first-order valence-corrected chi connectivity index (χ1v) is 9.06. The molecule has 2 amide bonds. The van der Waals surface area contributed by atoms with Crippen LogP contribution in [0.2, 0.25) is 0 Å². The van der Waals surface area contributed by atoms with E-state index in [1.807, 2.05) is 24.3 Å². The molecule has 1 atom stereocenters. The Hall–Kier alpha value is -2.86. The fraction of sp³-hybridized carbons (Fsp3) is 0.333. The van der Waals surface area contributed by atoms with Crippen molar-refractivity contribution in [3.63, 3.8) is 0 Å². The van der Waals surface area contributed by atoms with Crippen LogP contribution in [-0.2, 0) is 16.0 Å². The van der Waals surface area contributed by atoms with Gasteiger partial charge in [0, 0.05) is 24.4 Å². The lowest BCUT2D eigenvalue weighted by molar-refractivity contribution is -0.115. The van der Waals surface area contributed by atoms with E-state index in [0.717, 1.165) is 30.8 Å². The Morgan fingerprint density at radius 3 is 2.70 bits per heavy atom. The summed E-state index contributed by atoms with van der Waals surface area (Å²) in [4.78, 5) is 24.6. The van der Waals surface area contributed by atoms with E-state index in [0.29, 0.717) is 17.8 Å². The molecule has 1 fully saturated rings. The molecule has 0 unspecified atom stereocenters. The molecule has 27 heavy (non-hydrogen) atoms. The molecule has 0 spiro atoms. The van der Waals surface area contributed by atoms with Crippen LogP contribution in [0.25, 0.3) is 0 Å². The SMILES string of the molecule is COc1ccc(CC(=O)Nc2cccc(C(=O)NC[C@H]3CCCO3)c2)cc1. The molecule has 142 valence electrons. The number of carbonyl (C=O) groups is 2. The van der Waals surface area contributed by atoms with Gasteiger partial charge in [-0.3, -0.25) is 9.59 Å². The molecule has 3 rings (SSSR count). The molecular weight excluding hydrogens is 344 g/mol. The summed E-state index contributed by atoms with van der Waals surface area (Å²) in [6.45, 7) is 1.27. The maximum Gasteiger partial charge on any atom is 0.251 e. The predicted molar refractivity (Wildman–Crippen MR) is 103 cm³/mol. The molecule has 1 saturated heterocycles. The third kappa shape index (κ3) is 5.56. The normalized spacial score (nSPS) is 16.0. The van der Waals surface area contributed by atoms with E-state index < -0.39 is 0 Å². The first-order chi connectivity index (χ1) is 13.1. The Kier molecular flexibility index (Phi) is 6.44. The molecule has 0 aliphatic carbocycles. The minimum Gasteiger partial charge on any atom is -0.497 e. The van der Waals surface area contributed by atoms with E-state index in [2.05, 4.69) is 10.6 Å². The highest BCUT2D eigenvalue weighted by atomic mass is 16.5. The zero-order valence-electron chi connectivity index (χ0n) is 15.4. The Bertz CT molecular complexity index is 783. The highest BCUT2D eigenvalue weighted by Gasteiger charge is 2.17. The monoisotopic (exact) mass is 368 g/mol. The molecule has 0 bridgehead atoms. The summed E-state index contributed by atoms with van der Waals surface area (Å²) < 4.78 is 10.6. The average molecular weight is 368 g/mol. The van der Waals surface area contributed by atoms with Crippen molar-refractivity contribution in [3.8, 4) is 5.75 Å². The number of carbonyl (C=O) groups excluding carboxylic acids is 2. The summed E-state index contributed by atoms with van der Waals surface area (Å²) in [5.41, 5.74) is 1.99. The van der Waals surface area contributed by atoms with Crippen LogP contribution in [0.1, 0.15) is 28.8 Å². The second kappa shape index (κ2) is 9.19. The van der Waals surface area contributed by atoms with Crippen LogP contribution in [0.5, 0.6) is 5.75 Å². The largest absolute Gasteiger partial charge is 0.497 e. The number of rotatable bonds is 7. The Morgan fingerprint density at radius 1 is 1.19 bits per heavy atom. The number of methoxy groups -OCH3 is 1. The van der Waals surface area contributed by atoms with E-state index in [1.165, 1.54) is 0 Å². The summed E-state index contributed by atoms with van der Waals surface area (Å²) in [7, 11) is 1.60. The number of ether oxygens (including phenoxy) is 2. The van der Waals surface area contributed by atoms with E-state index >= 15 is 0 Å². The third-order valence-corrected chi connectivity index (χ3v) is 4.45. The molecule has 1 aliphatic heterocycles. The first kappa shape index (κ1) is 18.9. The molecule has 0 aromatic heterocycles. The summed E-state index contributed by atoms with van der Waals surface area (Å²) in [5.74, 6) is 0.440. The topological polar surface area (TPSA) is 76.7 Å². The molecule has 6 nitrogen and oxygen atoms in total. The minimum atomic E-state index is -0.170. The number of amides is 2. The molecule has 0 radical (unpaired) electrons. The van der Waals surface area contributed by atoms with Gasteiger partial charge in [0.1, 0.15) is 5.75 Å². The van der Waals surface area contributed by atoms with Gasteiger partial charge >= 0.3 is 0 Å². The Balaban J connectivity index is 1.54. The molecule has 1 heterocycles. The maximum atomic E-state index is 12.3. The van der Waals surface area contributed by atoms with Gasteiger partial charge in [-0.25, -0.2) is 0 Å². The van der Waals surface area contributed by atoms with Crippen molar-refractivity contribution in [2.24, 2.45) is 0 Å². The molecule has 6 heteroatoms. The van der Waals surface area contributed by atoms with Crippen LogP contribution >= 0.6 is 0 Å². The number of nitrogens with one attached hydrogen (secondary N) is 2. The number of hydrogen-bond acceptors (Lipinski definition) is 4. The van der Waals surface area contributed by atoms with Gasteiger partial charge in [0.2, 0.25) is 5.91 Å². The molecule has 1 aliphatic rings. The van der Waals surface area contributed by atoms with Crippen LogP contribution in [-0.4, -0.2) is 38.2 Å². The lowest BCUT2D eigenvalue weighted by Crippen LogP contribution is -2.31. The van der Waals surface area contributed by atoms with E-state index in [9.17, 15) is 9.59 Å². The highest BCUT2D eigenvalue weighted by Crippen LogP contribution is 2.15. The fourth-order valence-electron chi connectivity index (χ4n) is 2.99. The lowest BCUT2D eigenvalue weighted by atomic mass is 10.1. The van der Waals surface area contributed by atoms with Gasteiger partial charge in [0.05, 0.1) is 19.6 Å². The van der Waals surface area contributed by atoms with Gasteiger partial charge in [-0.05, 0) is 48.7 Å². The maximum absolute atomic E-state index is 12.3. The van der Waals surface area contributed by atoms with Crippen molar-refractivity contribution in [2.75, 3.05) is 25.6 Å². The molecule has 2 aromatic rings. The van der Waals surface area contributed by atoms with E-state index in [4.69, 9.17) is 9.47 Å². The number of anilines is 1. The van der Waals surface area contributed by atoms with Crippen molar-refractivity contribution in [1.82, 2.24) is 5.32 Å². The summed E-state index contributed by atoms with van der Waals surface area (Å²) in [5, 5.41) is 5.72. The minimum absolute atomic E-state index is 0.0985. The average Bonchev–Trinajstić information content (AvgIpc) is 3.20. The number of hydrogen-bond donors (Lipinski definition) is 2. The van der Waals surface area contributed by atoms with Crippen molar-refractivity contribution < 1.29 is 19.1 Å². The standard InChI is InChI=1S/C21H24N2O4/c1-26-18-9-7-15(8-10-18)12-20(24)23-17-5-2-4-16(13-17)21(25)22-14-19-6-3-11-27-19/h2,4-5,7-10,13,19H,3,6,11-12,14H2,1H3,(H,22,25)(H,23,24)/t19-/m1/s1. The van der Waals surface area contributed by atoms with Crippen LogP contribution in [0.4, 0.5) is 5.69 Å². The van der Waals surface area contributed by atoms with Crippen molar-refractivity contribution in [1.29, 1.82) is 0 Å². The molecule has 0 saturated carbocycles. The van der Waals surface area contributed by atoms with Gasteiger partial charge < -0.3 is 20.1 Å². The second-order valence-corrected chi connectivity index (χ2v) is 6.50. The molecule has 2 aromatic carbocycles. The quantitative estimate of drug-likeness (QED) is 0.788. The van der Waals surface area contributed by atoms with Gasteiger partial charge in [-0.1, -0.05) is 18.2 Å². The van der Waals surface area contributed by atoms with Crippen LogP contribution in [0.15, 0.2) is 48.5 Å². The van der Waals surface area contributed by atoms with Gasteiger partial charge in [0.25, 0.3) is 5.91 Å². The Labute approximate surface area is 158 Å². The van der Waals surface area contributed by atoms with E-state index in [1.54, 1.807) is 31.4 Å². The fourth-order valence-corrected chi connectivity index (χ4v) is 2.99. The van der Waals surface area contributed by atoms with Crippen LogP contribution in [0, 0.1) is 0 Å². The highest BCUT2D eigenvalue weighted by molar-refractivity contribution is 5.97. The van der Waals surface area contributed by atoms with Gasteiger partial charge in [-0.2, -0.15) is 0 Å². The smallest absolute Gasteiger partial charge is 0.251 e. The van der Waals surface area contributed by atoms with Crippen LogP contribution in [0.3, 0.4) is 0 Å². The molecule has 2 N–H and O–H groups in total. The first-order valence-electron chi connectivity index (χ1n) is 9.06. The summed E-state index contributed by atoms with van der Waals surface area (Å²) >= 11 is 0. The lowest BCUT2D eigenvalue weighted by Gasteiger charge is -2.12. The second-order valence-electron chi connectivity index (χ2n) is 6.50. The van der Waals surface area contributed by atoms with E-state index in [-0.39, 0.29) is 24.3 Å². The zero-order valence-corrected chi connectivity index (χ0v) is 15.4. The van der Waals surface area contributed by atoms with Crippen molar-refractivity contribution in [3.05, 3.63) is 59.7 Å². The predicted octanol–water partition coefficient (Wildman–Crippen LogP) is 2.79. The van der Waals surface area contributed by atoms with Crippen LogP contribution < -0.4 is 15.4 Å². The third-order valence-electron chi connectivity index (χ3n) is 4.45. The Morgan fingerprint density at radius 2 is 2.00 bits per heavy atom. The van der Waals surface area contributed by atoms with Crippen molar-refractivity contribution >= 4 is 17.5 Å². The number of benzene rings is 2. The van der Waals surface area contributed by atoms with Crippen molar-refractivity contribution in [2.45, 2.75) is 25.4 Å².